The van der Waals surface area contributed by atoms with Crippen LogP contribution in [0.15, 0.2) is 48.6 Å². The Morgan fingerprint density at radius 3 is 2.76 bits per heavy atom. The fourth-order valence-electron chi connectivity index (χ4n) is 3.16. The number of ether oxygens (including phenoxy) is 1. The summed E-state index contributed by atoms with van der Waals surface area (Å²) in [6.07, 6.45) is 8.37. The van der Waals surface area contributed by atoms with E-state index in [0.29, 0.717) is 28.9 Å². The molecular weight excluding hydrogens is 310 g/mol. The Hall–Kier alpha value is -2.49. The van der Waals surface area contributed by atoms with Crippen LogP contribution in [-0.4, -0.2) is 19.4 Å². The third-order valence-corrected chi connectivity index (χ3v) is 4.62. The lowest BCUT2D eigenvalue weighted by atomic mass is 9.87. The molecule has 0 heterocycles. The molecule has 3 N–H and O–H groups in total. The first-order chi connectivity index (χ1) is 11.9. The van der Waals surface area contributed by atoms with Crippen molar-refractivity contribution < 1.29 is 4.74 Å². The molecule has 1 aliphatic carbocycles. The Morgan fingerprint density at radius 2 is 2.12 bits per heavy atom. The van der Waals surface area contributed by atoms with E-state index in [-0.39, 0.29) is 0 Å². The van der Waals surface area contributed by atoms with Crippen molar-refractivity contribution in [1.82, 2.24) is 5.32 Å². The van der Waals surface area contributed by atoms with Gasteiger partial charge >= 0.3 is 0 Å². The lowest BCUT2D eigenvalue weighted by Crippen LogP contribution is -2.16. The van der Waals surface area contributed by atoms with Gasteiger partial charge in [0.2, 0.25) is 0 Å². The number of nitrogens with zero attached hydrogens (tertiary/aromatic N) is 1. The number of nitrogen functional groups attached to an aromatic ring is 1. The van der Waals surface area contributed by atoms with Crippen molar-refractivity contribution in [2.24, 2.45) is 10.9 Å². The molecular formula is C21H29N3O. The summed E-state index contributed by atoms with van der Waals surface area (Å²) in [6.45, 7) is 13.9. The maximum absolute atomic E-state index is 6.18. The molecule has 1 saturated carbocycles. The lowest BCUT2D eigenvalue weighted by molar-refractivity contribution is 0.346. The maximum Gasteiger partial charge on any atom is 0.130 e. The topological polar surface area (TPSA) is 59.6 Å². The minimum atomic E-state index is 0.385. The van der Waals surface area contributed by atoms with Gasteiger partial charge in [0, 0.05) is 40.5 Å². The number of methoxy groups -OCH3 is 1. The summed E-state index contributed by atoms with van der Waals surface area (Å²) in [6, 6.07) is 4.15. The van der Waals surface area contributed by atoms with E-state index in [9.17, 15) is 0 Å². The number of hydrogen-bond acceptors (Lipinski definition) is 4. The first kappa shape index (κ1) is 18.8. The Morgan fingerprint density at radius 1 is 1.36 bits per heavy atom. The molecule has 1 aliphatic rings. The van der Waals surface area contributed by atoms with Gasteiger partial charge in [-0.3, -0.25) is 4.99 Å². The minimum Gasteiger partial charge on any atom is -0.496 e. The number of aliphatic imine (C=N–C) groups is 1. The van der Waals surface area contributed by atoms with Gasteiger partial charge in [-0.15, -0.1) is 0 Å². The number of nitrogens with one attached hydrogen (secondary N) is 1. The van der Waals surface area contributed by atoms with Crippen LogP contribution in [0.1, 0.15) is 43.7 Å². The minimum absolute atomic E-state index is 0.385. The van der Waals surface area contributed by atoms with Crippen molar-refractivity contribution in [3.63, 3.8) is 0 Å². The predicted molar refractivity (Wildman–Crippen MR) is 108 cm³/mol. The molecule has 2 unspecified atom stereocenters. The zero-order chi connectivity index (χ0) is 18.4. The van der Waals surface area contributed by atoms with Gasteiger partial charge < -0.3 is 15.8 Å². The van der Waals surface area contributed by atoms with Crippen LogP contribution in [0, 0.1) is 5.92 Å². The standard InChI is InChI=1S/C21H29N3O/c1-6-15(3)24-16(4)19-11-17(20(22)12-21(19)25-5)13-23-18-9-7-8-14(2)10-18/h6,11-14,18,24H,1,3-4,7-10,22H2,2,5H3. The summed E-state index contributed by atoms with van der Waals surface area (Å²) < 4.78 is 5.45. The summed E-state index contributed by atoms with van der Waals surface area (Å²) in [5, 5.41) is 3.11. The van der Waals surface area contributed by atoms with Crippen LogP contribution in [-0.2, 0) is 0 Å². The van der Waals surface area contributed by atoms with Crippen molar-refractivity contribution in [3.8, 4) is 5.75 Å². The molecule has 1 fully saturated rings. The molecule has 1 aromatic rings. The first-order valence-corrected chi connectivity index (χ1v) is 8.73. The van der Waals surface area contributed by atoms with Gasteiger partial charge in [0.1, 0.15) is 5.75 Å². The van der Waals surface area contributed by atoms with Crippen molar-refractivity contribution in [2.45, 2.75) is 38.6 Å². The molecule has 25 heavy (non-hydrogen) atoms. The van der Waals surface area contributed by atoms with E-state index in [0.717, 1.165) is 29.9 Å². The third-order valence-electron chi connectivity index (χ3n) is 4.62. The van der Waals surface area contributed by atoms with Crippen LogP contribution in [0.2, 0.25) is 0 Å². The van der Waals surface area contributed by atoms with E-state index in [2.05, 4.69) is 32.0 Å². The summed E-state index contributed by atoms with van der Waals surface area (Å²) >= 11 is 0. The van der Waals surface area contributed by atoms with Gasteiger partial charge in [-0.05, 0) is 30.9 Å². The van der Waals surface area contributed by atoms with Gasteiger partial charge in [0.05, 0.1) is 13.2 Å². The molecule has 2 atom stereocenters. The average Bonchev–Trinajstić information content (AvgIpc) is 2.60. The molecule has 134 valence electrons. The van der Waals surface area contributed by atoms with Gasteiger partial charge in [-0.25, -0.2) is 0 Å². The zero-order valence-electron chi connectivity index (χ0n) is 15.3. The van der Waals surface area contributed by atoms with E-state index < -0.39 is 0 Å². The molecule has 2 rings (SSSR count). The Kier molecular flexibility index (Phi) is 6.45. The molecule has 0 bridgehead atoms. The van der Waals surface area contributed by atoms with Crippen LogP contribution in [0.5, 0.6) is 5.75 Å². The summed E-state index contributed by atoms with van der Waals surface area (Å²) in [5.74, 6) is 1.41. The maximum atomic E-state index is 6.18. The number of allylic oxidation sites excluding steroid dienone is 1. The molecule has 0 radical (unpaired) electrons. The Balaban J connectivity index is 2.26. The van der Waals surface area contributed by atoms with Crippen molar-refractivity contribution in [2.75, 3.05) is 12.8 Å². The number of nitrogens with two attached hydrogens (primary N) is 1. The smallest absolute Gasteiger partial charge is 0.130 e. The van der Waals surface area contributed by atoms with Gasteiger partial charge in [0.25, 0.3) is 0 Å². The van der Waals surface area contributed by atoms with E-state index in [4.69, 9.17) is 15.5 Å². The highest BCUT2D eigenvalue weighted by Crippen LogP contribution is 2.30. The number of benzene rings is 1. The van der Waals surface area contributed by atoms with Crippen molar-refractivity contribution in [1.29, 1.82) is 0 Å². The van der Waals surface area contributed by atoms with Gasteiger partial charge in [-0.1, -0.05) is 39.5 Å². The second-order valence-corrected chi connectivity index (χ2v) is 6.72. The van der Waals surface area contributed by atoms with E-state index in [1.54, 1.807) is 13.2 Å². The number of rotatable bonds is 7. The predicted octanol–water partition coefficient (Wildman–Crippen LogP) is 4.54. The first-order valence-electron chi connectivity index (χ1n) is 8.73. The molecule has 1 aromatic carbocycles. The summed E-state index contributed by atoms with van der Waals surface area (Å²) in [5.41, 5.74) is 9.89. The average molecular weight is 339 g/mol. The van der Waals surface area contributed by atoms with Crippen LogP contribution >= 0.6 is 0 Å². The monoisotopic (exact) mass is 339 g/mol. The van der Waals surface area contributed by atoms with Crippen LogP contribution < -0.4 is 15.8 Å². The van der Waals surface area contributed by atoms with Crippen LogP contribution in [0.3, 0.4) is 0 Å². The third kappa shape index (κ3) is 4.99. The molecule has 0 spiro atoms. The van der Waals surface area contributed by atoms with E-state index in [1.807, 2.05) is 18.3 Å². The Labute approximate surface area is 151 Å². The zero-order valence-corrected chi connectivity index (χ0v) is 15.3. The fourth-order valence-corrected chi connectivity index (χ4v) is 3.16. The van der Waals surface area contributed by atoms with E-state index >= 15 is 0 Å². The second kappa shape index (κ2) is 8.56. The fraction of sp³-hybridized carbons (Fsp3) is 0.381. The SMILES string of the molecule is C=CC(=C)NC(=C)c1cc(C=NC2CCCC(C)C2)c(N)cc1OC. The number of anilines is 1. The van der Waals surface area contributed by atoms with Crippen molar-refractivity contribution >= 4 is 17.6 Å². The van der Waals surface area contributed by atoms with Crippen LogP contribution in [0.25, 0.3) is 5.70 Å². The van der Waals surface area contributed by atoms with E-state index in [1.165, 1.54) is 12.8 Å². The highest BCUT2D eigenvalue weighted by Gasteiger charge is 2.17. The Bertz CT molecular complexity index is 691. The second-order valence-electron chi connectivity index (χ2n) is 6.72. The number of hydrogen-bond donors (Lipinski definition) is 2. The molecule has 0 aliphatic heterocycles. The van der Waals surface area contributed by atoms with Gasteiger partial charge in [-0.2, -0.15) is 0 Å². The highest BCUT2D eigenvalue weighted by atomic mass is 16.5. The van der Waals surface area contributed by atoms with Crippen LogP contribution in [0.4, 0.5) is 5.69 Å². The molecule has 0 amide bonds. The van der Waals surface area contributed by atoms with Crippen molar-refractivity contribution in [3.05, 3.63) is 54.8 Å². The normalized spacial score (nSPS) is 20.2. The summed E-state index contributed by atoms with van der Waals surface area (Å²) in [7, 11) is 1.62. The highest BCUT2D eigenvalue weighted by molar-refractivity contribution is 5.90. The molecule has 4 nitrogen and oxygen atoms in total. The molecule has 4 heteroatoms. The summed E-state index contributed by atoms with van der Waals surface area (Å²) in [4.78, 5) is 4.77. The lowest BCUT2D eigenvalue weighted by Gasteiger charge is -2.23. The largest absolute Gasteiger partial charge is 0.496 e. The molecule has 0 aromatic heterocycles. The quantitative estimate of drug-likeness (QED) is 0.436. The van der Waals surface area contributed by atoms with Gasteiger partial charge in [0.15, 0.2) is 0 Å². The molecule has 0 saturated heterocycles.